The highest BCUT2D eigenvalue weighted by Crippen LogP contribution is 2.32. The summed E-state index contributed by atoms with van der Waals surface area (Å²) in [6, 6.07) is 22.6. The average molecular weight is 415 g/mol. The largest absolute Gasteiger partial charge is 0.457 e. The number of rotatable bonds is 5. The molecule has 3 aromatic carbocycles. The molecule has 5 rings (SSSR count). The van der Waals surface area contributed by atoms with Crippen LogP contribution in [0.1, 0.15) is 18.2 Å². The van der Waals surface area contributed by atoms with Crippen LogP contribution in [0.25, 0.3) is 11.4 Å². The maximum atomic E-state index is 13.0. The Balaban J connectivity index is 1.28. The van der Waals surface area contributed by atoms with Crippen LogP contribution >= 0.6 is 0 Å². The molecule has 0 bridgehead atoms. The summed E-state index contributed by atoms with van der Waals surface area (Å²) in [6.45, 7) is 0.509. The quantitative estimate of drug-likeness (QED) is 0.449. The van der Waals surface area contributed by atoms with Gasteiger partial charge in [-0.05, 0) is 60.7 Å². The smallest absolute Gasteiger partial charge is 0.232 e. The first kappa shape index (κ1) is 19.0. The number of para-hydroxylation sites is 1. The van der Waals surface area contributed by atoms with Crippen molar-refractivity contribution in [2.75, 3.05) is 11.4 Å². The molecule has 1 aliphatic rings. The third-order valence-electron chi connectivity index (χ3n) is 5.15. The van der Waals surface area contributed by atoms with Crippen LogP contribution in [0.5, 0.6) is 11.5 Å². The minimum atomic E-state index is -0.313. The zero-order valence-electron chi connectivity index (χ0n) is 16.4. The van der Waals surface area contributed by atoms with E-state index >= 15 is 0 Å². The normalized spacial score (nSPS) is 16.0. The van der Waals surface area contributed by atoms with E-state index in [1.165, 1.54) is 12.1 Å². The summed E-state index contributed by atoms with van der Waals surface area (Å²) in [5.74, 6) is 1.64. The van der Waals surface area contributed by atoms with Crippen molar-refractivity contribution in [3.8, 4) is 22.9 Å². The van der Waals surface area contributed by atoms with Crippen LogP contribution in [0.3, 0.4) is 0 Å². The molecule has 4 aromatic rings. The fraction of sp³-hybridized carbons (Fsp3) is 0.125. The van der Waals surface area contributed by atoms with E-state index in [9.17, 15) is 9.18 Å². The highest BCUT2D eigenvalue weighted by atomic mass is 19.1. The van der Waals surface area contributed by atoms with Crippen LogP contribution in [-0.4, -0.2) is 22.6 Å². The molecular formula is C24H18FN3O3. The molecule has 1 saturated heterocycles. The predicted octanol–water partition coefficient (Wildman–Crippen LogP) is 5.19. The molecule has 7 heteroatoms. The summed E-state index contributed by atoms with van der Waals surface area (Å²) in [6.07, 6.45) is 0.334. The molecule has 1 aliphatic heterocycles. The van der Waals surface area contributed by atoms with E-state index in [-0.39, 0.29) is 17.6 Å². The lowest BCUT2D eigenvalue weighted by Gasteiger charge is -2.15. The van der Waals surface area contributed by atoms with Gasteiger partial charge in [-0.15, -0.1) is 0 Å². The molecule has 1 fully saturated rings. The third kappa shape index (κ3) is 4.02. The average Bonchev–Trinajstić information content (AvgIpc) is 3.44. The lowest BCUT2D eigenvalue weighted by molar-refractivity contribution is -0.117. The molecule has 1 amide bonds. The minimum Gasteiger partial charge on any atom is -0.457 e. The van der Waals surface area contributed by atoms with E-state index in [4.69, 9.17) is 9.26 Å². The monoisotopic (exact) mass is 415 g/mol. The van der Waals surface area contributed by atoms with E-state index in [2.05, 4.69) is 10.1 Å². The van der Waals surface area contributed by atoms with E-state index < -0.39 is 0 Å². The Morgan fingerprint density at radius 3 is 2.32 bits per heavy atom. The molecule has 0 aliphatic carbocycles. The van der Waals surface area contributed by atoms with E-state index in [0.717, 1.165) is 11.3 Å². The Labute approximate surface area is 177 Å². The molecule has 6 nitrogen and oxygen atoms in total. The minimum absolute atomic E-state index is 0.0400. The number of carbonyl (C=O) groups is 1. The Morgan fingerprint density at radius 2 is 1.61 bits per heavy atom. The Bertz CT molecular complexity index is 1190. The molecule has 31 heavy (non-hydrogen) atoms. The van der Waals surface area contributed by atoms with Crippen molar-refractivity contribution in [2.45, 2.75) is 12.3 Å². The van der Waals surface area contributed by atoms with Crippen molar-refractivity contribution >= 4 is 11.6 Å². The number of hydrogen-bond donors (Lipinski definition) is 0. The highest BCUT2D eigenvalue weighted by Gasteiger charge is 2.35. The number of hydrogen-bond acceptors (Lipinski definition) is 5. The fourth-order valence-corrected chi connectivity index (χ4v) is 3.56. The number of aromatic nitrogens is 2. The van der Waals surface area contributed by atoms with Crippen LogP contribution in [0.2, 0.25) is 0 Å². The van der Waals surface area contributed by atoms with Gasteiger partial charge in [-0.3, -0.25) is 4.79 Å². The van der Waals surface area contributed by atoms with Gasteiger partial charge in [0.1, 0.15) is 17.3 Å². The number of anilines is 1. The first-order valence-electron chi connectivity index (χ1n) is 9.88. The van der Waals surface area contributed by atoms with Crippen molar-refractivity contribution < 1.29 is 18.4 Å². The summed E-state index contributed by atoms with van der Waals surface area (Å²) < 4.78 is 24.2. The van der Waals surface area contributed by atoms with Gasteiger partial charge in [0.25, 0.3) is 0 Å². The number of carbonyl (C=O) groups excluding carboxylic acids is 1. The van der Waals surface area contributed by atoms with Gasteiger partial charge in [-0.2, -0.15) is 4.98 Å². The SMILES string of the molecule is O=C1C[C@H](c2nc(-c3ccc(Oc4ccc(F)cc4)cc3)no2)CN1c1ccccc1. The maximum Gasteiger partial charge on any atom is 0.232 e. The standard InChI is InChI=1S/C24H18FN3O3/c25-18-8-12-21(13-9-18)30-20-10-6-16(7-11-20)23-26-24(31-27-23)17-14-22(29)28(15-17)19-4-2-1-3-5-19/h1-13,17H,14-15H2/t17-/m0/s1. The van der Waals surface area contributed by atoms with Gasteiger partial charge in [0.2, 0.25) is 17.6 Å². The number of amides is 1. The Morgan fingerprint density at radius 1 is 0.935 bits per heavy atom. The Hall–Kier alpha value is -4.00. The molecule has 0 unspecified atom stereocenters. The van der Waals surface area contributed by atoms with Crippen molar-refractivity contribution in [3.05, 3.63) is 90.6 Å². The number of halogens is 1. The second kappa shape index (κ2) is 8.02. The summed E-state index contributed by atoms with van der Waals surface area (Å²) in [5, 5.41) is 4.08. The van der Waals surface area contributed by atoms with E-state index in [0.29, 0.717) is 36.2 Å². The third-order valence-corrected chi connectivity index (χ3v) is 5.15. The second-order valence-corrected chi connectivity index (χ2v) is 7.28. The van der Waals surface area contributed by atoms with Gasteiger partial charge in [0.05, 0.1) is 5.92 Å². The van der Waals surface area contributed by atoms with Gasteiger partial charge in [-0.25, -0.2) is 4.39 Å². The van der Waals surface area contributed by atoms with Crippen molar-refractivity contribution in [2.24, 2.45) is 0 Å². The summed E-state index contributed by atoms with van der Waals surface area (Å²) in [7, 11) is 0. The van der Waals surface area contributed by atoms with E-state index in [1.54, 1.807) is 29.2 Å². The van der Waals surface area contributed by atoms with Gasteiger partial charge in [0.15, 0.2) is 0 Å². The van der Waals surface area contributed by atoms with Crippen molar-refractivity contribution in [3.63, 3.8) is 0 Å². The summed E-state index contributed by atoms with van der Waals surface area (Å²) in [5.41, 5.74) is 1.64. The first-order valence-corrected chi connectivity index (χ1v) is 9.88. The molecule has 0 saturated carbocycles. The van der Waals surface area contributed by atoms with Gasteiger partial charge in [-0.1, -0.05) is 23.4 Å². The molecule has 1 aromatic heterocycles. The van der Waals surface area contributed by atoms with Crippen molar-refractivity contribution in [1.29, 1.82) is 0 Å². The Kier molecular flexibility index (Phi) is 4.92. The van der Waals surface area contributed by atoms with E-state index in [1.807, 2.05) is 42.5 Å². The molecule has 0 N–H and O–H groups in total. The molecule has 0 spiro atoms. The second-order valence-electron chi connectivity index (χ2n) is 7.28. The molecule has 2 heterocycles. The molecule has 0 radical (unpaired) electrons. The fourth-order valence-electron chi connectivity index (χ4n) is 3.56. The van der Waals surface area contributed by atoms with Crippen LogP contribution in [-0.2, 0) is 4.79 Å². The summed E-state index contributed by atoms with van der Waals surface area (Å²) in [4.78, 5) is 18.7. The van der Waals surface area contributed by atoms with Crippen molar-refractivity contribution in [1.82, 2.24) is 10.1 Å². The zero-order valence-corrected chi connectivity index (χ0v) is 16.4. The first-order chi connectivity index (χ1) is 15.2. The summed E-state index contributed by atoms with van der Waals surface area (Å²) >= 11 is 0. The lowest BCUT2D eigenvalue weighted by atomic mass is 10.1. The molecule has 154 valence electrons. The van der Waals surface area contributed by atoms with Gasteiger partial charge in [0, 0.05) is 24.2 Å². The molecular weight excluding hydrogens is 397 g/mol. The maximum absolute atomic E-state index is 13.0. The number of nitrogens with zero attached hydrogens (tertiary/aromatic N) is 3. The van der Waals surface area contributed by atoms with Gasteiger partial charge < -0.3 is 14.2 Å². The van der Waals surface area contributed by atoms with Gasteiger partial charge >= 0.3 is 0 Å². The topological polar surface area (TPSA) is 68.5 Å². The zero-order chi connectivity index (χ0) is 21.2. The lowest BCUT2D eigenvalue weighted by Crippen LogP contribution is -2.24. The highest BCUT2D eigenvalue weighted by molar-refractivity contribution is 5.96. The van der Waals surface area contributed by atoms with Crippen LogP contribution in [0.15, 0.2) is 83.4 Å². The number of benzene rings is 3. The number of ether oxygens (including phenoxy) is 1. The van der Waals surface area contributed by atoms with Crippen LogP contribution < -0.4 is 9.64 Å². The van der Waals surface area contributed by atoms with Crippen LogP contribution in [0.4, 0.5) is 10.1 Å². The predicted molar refractivity (Wildman–Crippen MR) is 112 cm³/mol. The van der Waals surface area contributed by atoms with Crippen LogP contribution in [0, 0.1) is 5.82 Å². The molecule has 1 atom stereocenters.